The summed E-state index contributed by atoms with van der Waals surface area (Å²) in [5, 5.41) is 2.91. The summed E-state index contributed by atoms with van der Waals surface area (Å²) in [4.78, 5) is 6.04. The predicted molar refractivity (Wildman–Crippen MR) is 71.6 cm³/mol. The van der Waals surface area contributed by atoms with Crippen molar-refractivity contribution in [2.24, 2.45) is 0 Å². The molecule has 1 rings (SSSR count). The Balaban J connectivity index is 3.15. The lowest BCUT2D eigenvalue weighted by Gasteiger charge is -2.22. The third-order valence-electron chi connectivity index (χ3n) is 2.78. The fraction of sp³-hybridized carbons (Fsp3) is 0.615. The number of anilines is 2. The van der Waals surface area contributed by atoms with Crippen LogP contribution in [0, 0.1) is 0 Å². The standard InChI is InChI=1S/C13H20F3N3/c1-4-7-17-11-8-10(13(14,15)16)9-12(18-11)19(5-2)6-3/h8-9H,4-7H2,1-3H3,(H,17,18). The number of rotatable bonds is 6. The molecule has 0 aromatic carbocycles. The smallest absolute Gasteiger partial charge is 0.370 e. The Bertz CT molecular complexity index is 401. The molecular formula is C13H20F3N3. The van der Waals surface area contributed by atoms with E-state index in [4.69, 9.17) is 0 Å². The highest BCUT2D eigenvalue weighted by atomic mass is 19.4. The quantitative estimate of drug-likeness (QED) is 0.856. The van der Waals surface area contributed by atoms with Crippen LogP contribution in [0.3, 0.4) is 0 Å². The van der Waals surface area contributed by atoms with Crippen molar-refractivity contribution in [2.75, 3.05) is 29.9 Å². The highest BCUT2D eigenvalue weighted by Crippen LogP contribution is 2.32. The number of aromatic nitrogens is 1. The van der Waals surface area contributed by atoms with Crippen LogP contribution >= 0.6 is 0 Å². The minimum absolute atomic E-state index is 0.276. The molecule has 0 saturated carbocycles. The third-order valence-corrected chi connectivity index (χ3v) is 2.78. The molecule has 3 nitrogen and oxygen atoms in total. The summed E-state index contributed by atoms with van der Waals surface area (Å²) in [5.74, 6) is 0.636. The van der Waals surface area contributed by atoms with Gasteiger partial charge in [-0.2, -0.15) is 13.2 Å². The summed E-state index contributed by atoms with van der Waals surface area (Å²) in [6.07, 6.45) is -3.52. The molecule has 0 saturated heterocycles. The number of alkyl halides is 3. The van der Waals surface area contributed by atoms with Gasteiger partial charge in [-0.1, -0.05) is 6.92 Å². The Labute approximate surface area is 111 Å². The van der Waals surface area contributed by atoms with Crippen LogP contribution in [0.1, 0.15) is 32.8 Å². The summed E-state index contributed by atoms with van der Waals surface area (Å²) >= 11 is 0. The van der Waals surface area contributed by atoms with Crippen LogP contribution in [0.15, 0.2) is 12.1 Å². The number of halogens is 3. The minimum atomic E-state index is -4.35. The lowest BCUT2D eigenvalue weighted by molar-refractivity contribution is -0.137. The fourth-order valence-corrected chi connectivity index (χ4v) is 1.73. The SMILES string of the molecule is CCCNc1cc(C(F)(F)F)cc(N(CC)CC)n1. The Kier molecular flexibility index (Phi) is 5.44. The summed E-state index contributed by atoms with van der Waals surface area (Å²) in [6.45, 7) is 7.59. The second kappa shape index (κ2) is 6.63. The van der Waals surface area contributed by atoms with Crippen LogP contribution < -0.4 is 10.2 Å². The second-order valence-electron chi connectivity index (χ2n) is 4.20. The molecule has 0 aliphatic carbocycles. The third kappa shape index (κ3) is 4.29. The largest absolute Gasteiger partial charge is 0.416 e. The van der Waals surface area contributed by atoms with E-state index in [-0.39, 0.29) is 5.82 Å². The molecule has 6 heteroatoms. The van der Waals surface area contributed by atoms with Crippen molar-refractivity contribution < 1.29 is 13.2 Å². The molecule has 1 heterocycles. The fourth-order valence-electron chi connectivity index (χ4n) is 1.73. The number of nitrogens with one attached hydrogen (secondary N) is 1. The number of nitrogens with zero attached hydrogens (tertiary/aromatic N) is 2. The van der Waals surface area contributed by atoms with E-state index in [9.17, 15) is 13.2 Å². The van der Waals surface area contributed by atoms with E-state index in [1.165, 1.54) is 0 Å². The average molecular weight is 275 g/mol. The van der Waals surface area contributed by atoms with Gasteiger partial charge in [0, 0.05) is 19.6 Å². The molecule has 0 bridgehead atoms. The zero-order valence-electron chi connectivity index (χ0n) is 11.5. The molecule has 0 aliphatic rings. The van der Waals surface area contributed by atoms with Crippen LogP contribution in [0.4, 0.5) is 24.8 Å². The van der Waals surface area contributed by atoms with Gasteiger partial charge in [-0.05, 0) is 32.4 Å². The predicted octanol–water partition coefficient (Wildman–Crippen LogP) is 3.77. The maximum Gasteiger partial charge on any atom is 0.416 e. The zero-order valence-corrected chi connectivity index (χ0v) is 11.5. The van der Waals surface area contributed by atoms with Gasteiger partial charge in [-0.3, -0.25) is 0 Å². The lowest BCUT2D eigenvalue weighted by Crippen LogP contribution is -2.24. The molecule has 0 aliphatic heterocycles. The van der Waals surface area contributed by atoms with Crippen molar-refractivity contribution in [1.82, 2.24) is 4.98 Å². The highest BCUT2D eigenvalue weighted by molar-refractivity contribution is 5.51. The van der Waals surface area contributed by atoms with E-state index in [0.29, 0.717) is 25.5 Å². The molecule has 0 fully saturated rings. The molecule has 0 amide bonds. The average Bonchev–Trinajstić information content (AvgIpc) is 2.36. The lowest BCUT2D eigenvalue weighted by atomic mass is 10.2. The van der Waals surface area contributed by atoms with Gasteiger partial charge in [-0.25, -0.2) is 4.98 Å². The molecule has 0 radical (unpaired) electrons. The Morgan fingerprint density at radius 2 is 1.79 bits per heavy atom. The first kappa shape index (κ1) is 15.6. The Morgan fingerprint density at radius 1 is 1.16 bits per heavy atom. The van der Waals surface area contributed by atoms with Crippen LogP contribution in [0.5, 0.6) is 0 Å². The van der Waals surface area contributed by atoms with Crippen molar-refractivity contribution in [3.05, 3.63) is 17.7 Å². The molecule has 0 unspecified atom stereocenters. The maximum atomic E-state index is 12.9. The van der Waals surface area contributed by atoms with Gasteiger partial charge in [0.15, 0.2) is 0 Å². The molecule has 1 aromatic heterocycles. The van der Waals surface area contributed by atoms with Crippen molar-refractivity contribution in [3.63, 3.8) is 0 Å². The van der Waals surface area contributed by atoms with Gasteiger partial charge < -0.3 is 10.2 Å². The van der Waals surface area contributed by atoms with E-state index in [1.807, 2.05) is 20.8 Å². The van der Waals surface area contributed by atoms with Crippen LogP contribution in [-0.4, -0.2) is 24.6 Å². The van der Waals surface area contributed by atoms with Gasteiger partial charge in [-0.15, -0.1) is 0 Å². The van der Waals surface area contributed by atoms with Crippen molar-refractivity contribution in [3.8, 4) is 0 Å². The van der Waals surface area contributed by atoms with Gasteiger partial charge in [0.05, 0.1) is 5.56 Å². The van der Waals surface area contributed by atoms with E-state index in [0.717, 1.165) is 18.6 Å². The molecule has 108 valence electrons. The maximum absolute atomic E-state index is 12.9. The number of pyridine rings is 1. The first-order valence-corrected chi connectivity index (χ1v) is 6.50. The van der Waals surface area contributed by atoms with Crippen molar-refractivity contribution in [1.29, 1.82) is 0 Å². The first-order chi connectivity index (χ1) is 8.92. The number of hydrogen-bond donors (Lipinski definition) is 1. The van der Waals surface area contributed by atoms with Crippen molar-refractivity contribution in [2.45, 2.75) is 33.4 Å². The summed E-state index contributed by atoms with van der Waals surface area (Å²) < 4.78 is 38.6. The molecule has 0 atom stereocenters. The normalized spacial score (nSPS) is 11.5. The van der Waals surface area contributed by atoms with Gasteiger partial charge >= 0.3 is 6.18 Å². The summed E-state index contributed by atoms with van der Waals surface area (Å²) in [7, 11) is 0. The van der Waals surface area contributed by atoms with Gasteiger partial charge in [0.1, 0.15) is 11.6 Å². The van der Waals surface area contributed by atoms with Crippen LogP contribution in [-0.2, 0) is 6.18 Å². The summed E-state index contributed by atoms with van der Waals surface area (Å²) in [5.41, 5.74) is -0.664. The van der Waals surface area contributed by atoms with Gasteiger partial charge in [0.25, 0.3) is 0 Å². The summed E-state index contributed by atoms with van der Waals surface area (Å²) in [6, 6.07) is 2.16. The monoisotopic (exact) mass is 275 g/mol. The Hall–Kier alpha value is -1.46. The van der Waals surface area contributed by atoms with E-state index in [2.05, 4.69) is 10.3 Å². The molecule has 19 heavy (non-hydrogen) atoms. The first-order valence-electron chi connectivity index (χ1n) is 6.50. The minimum Gasteiger partial charge on any atom is -0.370 e. The van der Waals surface area contributed by atoms with Crippen LogP contribution in [0.2, 0.25) is 0 Å². The molecular weight excluding hydrogens is 255 g/mol. The topological polar surface area (TPSA) is 28.2 Å². The highest BCUT2D eigenvalue weighted by Gasteiger charge is 2.32. The van der Waals surface area contributed by atoms with E-state index >= 15 is 0 Å². The van der Waals surface area contributed by atoms with E-state index in [1.54, 1.807) is 4.90 Å². The Morgan fingerprint density at radius 3 is 2.26 bits per heavy atom. The molecule has 1 N–H and O–H groups in total. The van der Waals surface area contributed by atoms with Crippen molar-refractivity contribution >= 4 is 11.6 Å². The van der Waals surface area contributed by atoms with E-state index < -0.39 is 11.7 Å². The van der Waals surface area contributed by atoms with Crippen LogP contribution in [0.25, 0.3) is 0 Å². The number of hydrogen-bond acceptors (Lipinski definition) is 3. The van der Waals surface area contributed by atoms with Gasteiger partial charge in [0.2, 0.25) is 0 Å². The molecule has 0 spiro atoms. The second-order valence-corrected chi connectivity index (χ2v) is 4.20. The zero-order chi connectivity index (χ0) is 14.5. The molecule has 1 aromatic rings.